The van der Waals surface area contributed by atoms with Gasteiger partial charge in [-0.1, -0.05) is 24.4 Å². The van der Waals surface area contributed by atoms with Crippen LogP contribution in [0, 0.1) is 16.0 Å². The molecule has 2 aliphatic rings. The van der Waals surface area contributed by atoms with Crippen molar-refractivity contribution in [3.05, 3.63) is 38.9 Å². The standard InChI is InChI=1S/C18H21ClN2O5/c19-15-10-13(21(24)25)7-8-14(15)18(23)26-11-17(22)20-9-3-5-12-4-1-2-6-16(12)20/h7-8,10,12,16H,1-6,9,11H2/t12-,16-/m1/s1. The van der Waals surface area contributed by atoms with Crippen LogP contribution < -0.4 is 0 Å². The van der Waals surface area contributed by atoms with Gasteiger partial charge in [0.15, 0.2) is 6.61 Å². The zero-order valence-electron chi connectivity index (χ0n) is 14.4. The molecule has 1 saturated carbocycles. The van der Waals surface area contributed by atoms with E-state index in [1.807, 2.05) is 4.90 Å². The van der Waals surface area contributed by atoms with Gasteiger partial charge in [-0.2, -0.15) is 0 Å². The third kappa shape index (κ3) is 3.98. The Labute approximate surface area is 156 Å². The number of hydrogen-bond donors (Lipinski definition) is 0. The highest BCUT2D eigenvalue weighted by Crippen LogP contribution is 2.35. The maximum absolute atomic E-state index is 12.5. The summed E-state index contributed by atoms with van der Waals surface area (Å²) < 4.78 is 5.12. The largest absolute Gasteiger partial charge is 0.452 e. The summed E-state index contributed by atoms with van der Waals surface area (Å²) in [6.45, 7) is 0.366. The number of piperidine rings is 1. The molecule has 0 bridgehead atoms. The molecule has 2 atom stereocenters. The number of nitro groups is 1. The number of hydrogen-bond acceptors (Lipinski definition) is 5. The van der Waals surface area contributed by atoms with E-state index in [4.69, 9.17) is 16.3 Å². The van der Waals surface area contributed by atoms with Gasteiger partial charge in [-0.15, -0.1) is 0 Å². The van der Waals surface area contributed by atoms with Gasteiger partial charge in [0.25, 0.3) is 11.6 Å². The molecule has 0 radical (unpaired) electrons. The Morgan fingerprint density at radius 3 is 2.69 bits per heavy atom. The Morgan fingerprint density at radius 1 is 1.23 bits per heavy atom. The Balaban J connectivity index is 1.60. The number of nitrogens with zero attached hydrogens (tertiary/aromatic N) is 2. The van der Waals surface area contributed by atoms with Crippen LogP contribution in [0.15, 0.2) is 18.2 Å². The van der Waals surface area contributed by atoms with Gasteiger partial charge in [0.05, 0.1) is 15.5 Å². The van der Waals surface area contributed by atoms with E-state index in [0.717, 1.165) is 38.2 Å². The first-order chi connectivity index (χ1) is 12.5. The number of ether oxygens (including phenoxy) is 1. The van der Waals surface area contributed by atoms with Crippen molar-refractivity contribution in [3.8, 4) is 0 Å². The Morgan fingerprint density at radius 2 is 1.96 bits per heavy atom. The van der Waals surface area contributed by atoms with E-state index < -0.39 is 10.9 Å². The van der Waals surface area contributed by atoms with Gasteiger partial charge in [-0.25, -0.2) is 4.79 Å². The summed E-state index contributed by atoms with van der Waals surface area (Å²) >= 11 is 5.92. The van der Waals surface area contributed by atoms with Crippen molar-refractivity contribution in [2.45, 2.75) is 44.6 Å². The fourth-order valence-corrected chi connectivity index (χ4v) is 4.26. The lowest BCUT2D eigenvalue weighted by atomic mass is 9.78. The van der Waals surface area contributed by atoms with Gasteiger partial charge in [0.1, 0.15) is 0 Å². The number of non-ortho nitro benzene ring substituents is 1. The number of esters is 1. The Bertz CT molecular complexity index is 722. The fraction of sp³-hybridized carbons (Fsp3) is 0.556. The lowest BCUT2D eigenvalue weighted by molar-refractivity contribution is -0.384. The molecule has 0 spiro atoms. The number of carbonyl (C=O) groups is 2. The molecular weight excluding hydrogens is 360 g/mol. The van der Waals surface area contributed by atoms with Crippen LogP contribution in [0.4, 0.5) is 5.69 Å². The number of carbonyl (C=O) groups excluding carboxylic acids is 2. The first-order valence-electron chi connectivity index (χ1n) is 8.88. The van der Waals surface area contributed by atoms with Crippen molar-refractivity contribution in [2.75, 3.05) is 13.2 Å². The van der Waals surface area contributed by atoms with Crippen molar-refractivity contribution in [1.29, 1.82) is 0 Å². The van der Waals surface area contributed by atoms with Crippen LogP contribution in [0.5, 0.6) is 0 Å². The number of fused-ring (bicyclic) bond motifs is 1. The van der Waals surface area contributed by atoms with Gasteiger partial charge in [-0.05, 0) is 37.7 Å². The minimum atomic E-state index is -0.754. The van der Waals surface area contributed by atoms with E-state index in [-0.39, 0.29) is 34.8 Å². The SMILES string of the molecule is O=C(OCC(=O)N1CCC[C@H]2CCCC[C@H]21)c1ccc([N+](=O)[O-])cc1Cl. The molecular formula is C18H21ClN2O5. The second-order valence-electron chi connectivity index (χ2n) is 6.84. The third-order valence-electron chi connectivity index (χ3n) is 5.27. The monoisotopic (exact) mass is 380 g/mol. The molecule has 0 aromatic heterocycles. The van der Waals surface area contributed by atoms with E-state index in [1.165, 1.54) is 18.6 Å². The summed E-state index contributed by atoms with van der Waals surface area (Å²) in [5, 5.41) is 10.7. The first-order valence-corrected chi connectivity index (χ1v) is 9.25. The molecule has 1 amide bonds. The molecule has 1 aromatic carbocycles. The molecule has 2 fully saturated rings. The topological polar surface area (TPSA) is 89.8 Å². The van der Waals surface area contributed by atoms with E-state index in [1.54, 1.807) is 0 Å². The van der Waals surface area contributed by atoms with Gasteiger partial charge in [0, 0.05) is 24.7 Å². The zero-order valence-corrected chi connectivity index (χ0v) is 15.1. The molecule has 7 nitrogen and oxygen atoms in total. The highest BCUT2D eigenvalue weighted by atomic mass is 35.5. The van der Waals surface area contributed by atoms with Gasteiger partial charge in [0.2, 0.25) is 0 Å². The maximum Gasteiger partial charge on any atom is 0.340 e. The quantitative estimate of drug-likeness (QED) is 0.452. The minimum absolute atomic E-state index is 0.0132. The summed E-state index contributed by atoms with van der Waals surface area (Å²) in [5.74, 6) is -0.385. The summed E-state index contributed by atoms with van der Waals surface area (Å²) in [7, 11) is 0. The number of likely N-dealkylation sites (tertiary alicyclic amines) is 1. The summed E-state index contributed by atoms with van der Waals surface area (Å²) in [5.41, 5.74) is -0.196. The number of amides is 1. The van der Waals surface area contributed by atoms with Crippen molar-refractivity contribution in [2.24, 2.45) is 5.92 Å². The third-order valence-corrected chi connectivity index (χ3v) is 5.59. The lowest BCUT2D eigenvalue weighted by Gasteiger charge is -2.44. The number of rotatable bonds is 4. The van der Waals surface area contributed by atoms with Crippen LogP contribution >= 0.6 is 11.6 Å². The number of halogens is 1. The normalized spacial score (nSPS) is 22.4. The smallest absolute Gasteiger partial charge is 0.340 e. The van der Waals surface area contributed by atoms with Crippen molar-refractivity contribution in [1.82, 2.24) is 4.90 Å². The van der Waals surface area contributed by atoms with E-state index in [2.05, 4.69) is 0 Å². The molecule has 1 aliphatic carbocycles. The van der Waals surface area contributed by atoms with Gasteiger partial charge >= 0.3 is 5.97 Å². The van der Waals surface area contributed by atoms with Crippen molar-refractivity contribution in [3.63, 3.8) is 0 Å². The average Bonchev–Trinajstić information content (AvgIpc) is 2.65. The van der Waals surface area contributed by atoms with Crippen LogP contribution in [0.25, 0.3) is 0 Å². The van der Waals surface area contributed by atoms with Gasteiger partial charge in [-0.3, -0.25) is 14.9 Å². The van der Waals surface area contributed by atoms with Crippen molar-refractivity contribution < 1.29 is 19.2 Å². The molecule has 3 rings (SSSR count). The fourth-order valence-electron chi connectivity index (χ4n) is 4.01. The molecule has 1 aromatic rings. The minimum Gasteiger partial charge on any atom is -0.452 e. The van der Waals surface area contributed by atoms with Crippen LogP contribution in [-0.2, 0) is 9.53 Å². The predicted octanol–water partition coefficient (Wildman–Crippen LogP) is 3.59. The van der Waals surface area contributed by atoms with Gasteiger partial charge < -0.3 is 9.64 Å². The zero-order chi connectivity index (χ0) is 18.7. The molecule has 0 N–H and O–H groups in total. The molecule has 26 heavy (non-hydrogen) atoms. The summed E-state index contributed by atoms with van der Waals surface area (Å²) in [6.07, 6.45) is 6.66. The summed E-state index contributed by atoms with van der Waals surface area (Å²) in [6, 6.07) is 3.77. The Kier molecular flexibility index (Phi) is 5.76. The van der Waals surface area contributed by atoms with E-state index in [9.17, 15) is 19.7 Å². The average molecular weight is 381 g/mol. The molecule has 1 heterocycles. The molecule has 1 aliphatic heterocycles. The lowest BCUT2D eigenvalue weighted by Crippen LogP contribution is -2.50. The van der Waals surface area contributed by atoms with Crippen LogP contribution in [0.3, 0.4) is 0 Å². The number of benzene rings is 1. The second kappa shape index (κ2) is 8.03. The van der Waals surface area contributed by atoms with E-state index in [0.29, 0.717) is 12.5 Å². The maximum atomic E-state index is 12.5. The van der Waals surface area contributed by atoms with Crippen LogP contribution in [0.2, 0.25) is 5.02 Å². The first kappa shape index (κ1) is 18.6. The molecule has 140 valence electrons. The van der Waals surface area contributed by atoms with Crippen LogP contribution in [0.1, 0.15) is 48.9 Å². The predicted molar refractivity (Wildman–Crippen MR) is 95.1 cm³/mol. The second-order valence-corrected chi connectivity index (χ2v) is 7.25. The molecule has 8 heteroatoms. The number of nitro benzene ring substituents is 1. The molecule has 1 saturated heterocycles. The highest BCUT2D eigenvalue weighted by molar-refractivity contribution is 6.33. The van der Waals surface area contributed by atoms with Crippen molar-refractivity contribution >= 4 is 29.2 Å². The molecule has 0 unspecified atom stereocenters. The van der Waals surface area contributed by atoms with Crippen LogP contribution in [-0.4, -0.2) is 40.9 Å². The summed E-state index contributed by atoms with van der Waals surface area (Å²) in [4.78, 5) is 36.7. The Hall–Kier alpha value is -2.15. The highest BCUT2D eigenvalue weighted by Gasteiger charge is 2.35. The van der Waals surface area contributed by atoms with E-state index >= 15 is 0 Å².